The zero-order valence-corrected chi connectivity index (χ0v) is 24.7. The summed E-state index contributed by atoms with van der Waals surface area (Å²) < 4.78 is 0. The number of oxime groups is 4. The van der Waals surface area contributed by atoms with Gasteiger partial charge in [0.25, 0.3) is 0 Å². The first kappa shape index (κ1) is 33.6. The van der Waals surface area contributed by atoms with Gasteiger partial charge in [0.1, 0.15) is 22.8 Å². The van der Waals surface area contributed by atoms with Gasteiger partial charge in [0, 0.05) is 0 Å². The summed E-state index contributed by atoms with van der Waals surface area (Å²) in [4.78, 5) is 1.45. The molecule has 5 rings (SSSR count). The van der Waals surface area contributed by atoms with E-state index in [0.717, 1.165) is 6.54 Å². The molecule has 0 aromatic heterocycles. The van der Waals surface area contributed by atoms with Crippen molar-refractivity contribution >= 4 is 38.8 Å². The van der Waals surface area contributed by atoms with Crippen molar-refractivity contribution in [2.24, 2.45) is 20.6 Å². The van der Waals surface area contributed by atoms with Gasteiger partial charge in [-0.15, -0.1) is 24.5 Å². The van der Waals surface area contributed by atoms with Crippen LogP contribution in [0.3, 0.4) is 0 Å². The first-order chi connectivity index (χ1) is 18.3. The average molecular weight is 641 g/mol. The predicted octanol–water partition coefficient (Wildman–Crippen LogP) is 7.29. The Morgan fingerprint density at radius 2 is 1.10 bits per heavy atom. The van der Waals surface area contributed by atoms with Gasteiger partial charge < -0.3 is 42.1 Å². The van der Waals surface area contributed by atoms with Crippen molar-refractivity contribution in [2.75, 3.05) is 6.54 Å². The number of hydrogen-bond acceptors (Lipinski definition) is 8. The van der Waals surface area contributed by atoms with Crippen molar-refractivity contribution in [3.8, 4) is 11.1 Å². The standard InChI is InChI=1S/C15H10Br.C5H6N.2C4H8N2O2.Co/c16-15-13-11-7-3-1-5-9(11)10-6-2-4-8-12(10)14(13)15;1-2-4-6-5-3-1;2*1-3(5-7)4(2)6-8;/h1-8,13-14H;1-4H,5H2;2*7-8H,1-2H3;/q2*-1;;;+2. The van der Waals surface area contributed by atoms with Gasteiger partial charge in [-0.25, -0.2) is 4.83 Å². The summed E-state index contributed by atoms with van der Waals surface area (Å²) in [7, 11) is 0. The van der Waals surface area contributed by atoms with Crippen molar-refractivity contribution in [1.82, 2.24) is 0 Å². The molecular formula is C28H32BrCoN5O4. The minimum absolute atomic E-state index is 0. The third-order valence-electron chi connectivity index (χ3n) is 6.00. The number of nitrogens with zero attached hydrogens (tertiary/aromatic N) is 5. The van der Waals surface area contributed by atoms with Crippen LogP contribution in [-0.2, 0) is 16.8 Å². The first-order valence-electron chi connectivity index (χ1n) is 11.8. The zero-order chi connectivity index (χ0) is 28.1. The topological polar surface area (TPSA) is 144 Å². The van der Waals surface area contributed by atoms with Gasteiger partial charge in [-0.3, -0.25) is 0 Å². The molecule has 2 aromatic carbocycles. The van der Waals surface area contributed by atoms with Gasteiger partial charge in [0.15, 0.2) is 0 Å². The summed E-state index contributed by atoms with van der Waals surface area (Å²) in [5.74, 6) is 1.23. The van der Waals surface area contributed by atoms with E-state index in [1.165, 1.54) is 54.8 Å². The van der Waals surface area contributed by atoms with Crippen LogP contribution < -0.4 is 0 Å². The molecule has 2 atom stereocenters. The van der Waals surface area contributed by atoms with Gasteiger partial charge in [-0.2, -0.15) is 6.20 Å². The molecule has 2 aliphatic carbocycles. The molecule has 1 radical (unpaired) electrons. The van der Waals surface area contributed by atoms with E-state index in [4.69, 9.17) is 20.8 Å². The van der Waals surface area contributed by atoms with E-state index < -0.39 is 0 Å². The largest absolute Gasteiger partial charge is 2.00 e. The first-order valence-corrected chi connectivity index (χ1v) is 12.6. The maximum absolute atomic E-state index is 8.03. The van der Waals surface area contributed by atoms with Crippen LogP contribution in [0.5, 0.6) is 0 Å². The van der Waals surface area contributed by atoms with Crippen molar-refractivity contribution in [1.29, 1.82) is 0 Å². The summed E-state index contributed by atoms with van der Waals surface area (Å²) in [6.07, 6.45) is 7.73. The summed E-state index contributed by atoms with van der Waals surface area (Å²) >= 11 is 3.73. The maximum Gasteiger partial charge on any atom is 2.00 e. The van der Waals surface area contributed by atoms with E-state index in [2.05, 4.69) is 90.4 Å². The Balaban J connectivity index is 0.000000285. The Bertz CT molecular complexity index is 1130. The zero-order valence-electron chi connectivity index (χ0n) is 22.0. The monoisotopic (exact) mass is 640 g/mol. The molecule has 209 valence electrons. The summed E-state index contributed by atoms with van der Waals surface area (Å²) in [5.41, 5.74) is 7.04. The van der Waals surface area contributed by atoms with Crippen molar-refractivity contribution in [3.05, 3.63) is 94.2 Å². The second-order valence-electron chi connectivity index (χ2n) is 8.39. The van der Waals surface area contributed by atoms with E-state index in [1.54, 1.807) is 6.20 Å². The fourth-order valence-electron chi connectivity index (χ4n) is 3.58. The molecule has 1 fully saturated rings. The predicted molar refractivity (Wildman–Crippen MR) is 156 cm³/mol. The molecular weight excluding hydrogens is 609 g/mol. The van der Waals surface area contributed by atoms with Crippen LogP contribution in [-0.4, -0.2) is 50.2 Å². The molecule has 1 saturated carbocycles. The van der Waals surface area contributed by atoms with Crippen LogP contribution >= 0.6 is 15.9 Å². The number of fused-ring (bicyclic) bond motifs is 6. The fraction of sp³-hybridized carbons (Fsp3) is 0.250. The molecule has 39 heavy (non-hydrogen) atoms. The molecule has 3 aliphatic rings. The van der Waals surface area contributed by atoms with Crippen LogP contribution in [0.15, 0.2) is 93.6 Å². The third-order valence-corrected chi connectivity index (χ3v) is 6.98. The summed E-state index contributed by atoms with van der Waals surface area (Å²) in [5, 5.41) is 47.2. The minimum Gasteiger partial charge on any atom is -0.687 e. The molecule has 9 nitrogen and oxygen atoms in total. The van der Waals surface area contributed by atoms with Crippen LogP contribution in [0.4, 0.5) is 0 Å². The molecule has 4 N–H and O–H groups in total. The Labute approximate surface area is 247 Å². The maximum atomic E-state index is 8.03. The van der Waals surface area contributed by atoms with Crippen molar-refractivity contribution in [3.63, 3.8) is 0 Å². The van der Waals surface area contributed by atoms with Gasteiger partial charge in [0.2, 0.25) is 0 Å². The third kappa shape index (κ3) is 9.38. The Hall–Kier alpha value is -3.41. The second kappa shape index (κ2) is 17.2. The number of halogens is 1. The van der Waals surface area contributed by atoms with E-state index in [1.807, 2.05) is 18.2 Å². The van der Waals surface area contributed by atoms with Gasteiger partial charge in [-0.05, 0) is 38.8 Å². The number of rotatable bonds is 2. The van der Waals surface area contributed by atoms with Crippen molar-refractivity contribution < 1.29 is 37.6 Å². The summed E-state index contributed by atoms with van der Waals surface area (Å²) in [6.45, 7) is 7.00. The van der Waals surface area contributed by atoms with E-state index >= 15 is 0 Å². The number of hydrogen-bond donors (Lipinski definition) is 4. The smallest absolute Gasteiger partial charge is 0.687 e. The normalized spacial score (nSPS) is 19.0. The Morgan fingerprint density at radius 3 is 1.36 bits per heavy atom. The van der Waals surface area contributed by atoms with Crippen molar-refractivity contribution in [2.45, 2.75) is 39.5 Å². The molecule has 0 spiro atoms. The molecule has 1 heterocycles. The van der Waals surface area contributed by atoms with Crippen LogP contribution in [0.2, 0.25) is 0 Å². The Kier molecular flexibility index (Phi) is 14.9. The molecule has 0 saturated heterocycles. The molecule has 11 heteroatoms. The fourth-order valence-corrected chi connectivity index (χ4v) is 4.47. The molecule has 0 bridgehead atoms. The van der Waals surface area contributed by atoms with Crippen LogP contribution in [0, 0.1) is 4.83 Å². The van der Waals surface area contributed by atoms with Gasteiger partial charge in [-0.1, -0.05) is 92.4 Å². The molecule has 2 unspecified atom stereocenters. The quantitative estimate of drug-likeness (QED) is 0.118. The molecule has 2 aromatic rings. The molecule has 1 aliphatic heterocycles. The second-order valence-corrected chi connectivity index (χ2v) is 9.31. The van der Waals surface area contributed by atoms with E-state index in [0.29, 0.717) is 34.7 Å². The van der Waals surface area contributed by atoms with E-state index in [9.17, 15) is 0 Å². The van der Waals surface area contributed by atoms with Gasteiger partial charge >= 0.3 is 16.8 Å². The average Bonchev–Trinajstić information content (AvgIpc) is 3.68. The van der Waals surface area contributed by atoms with Crippen LogP contribution in [0.1, 0.15) is 50.7 Å². The molecule has 0 amide bonds. The number of allylic oxidation sites excluding steroid dienone is 2. The SMILES string of the molecule is Br[C-]1C2c3ccccc3-c3ccccc3C12.C1=CC[N-]C=C1.CC(=NO)C(C)=NO.CC(=NO)C(C)=NO.[Co+2]. The Morgan fingerprint density at radius 1 is 0.718 bits per heavy atom. The summed E-state index contributed by atoms with van der Waals surface area (Å²) in [6, 6.07) is 17.5. The van der Waals surface area contributed by atoms with Crippen LogP contribution in [0.25, 0.3) is 16.4 Å². The van der Waals surface area contributed by atoms with Gasteiger partial charge in [0.05, 0.1) is 0 Å². The minimum atomic E-state index is 0. The van der Waals surface area contributed by atoms with E-state index in [-0.39, 0.29) is 16.8 Å². The number of benzene rings is 2.